The van der Waals surface area contributed by atoms with Crippen LogP contribution in [0.25, 0.3) is 0 Å². The molecule has 2 heterocycles. The zero-order valence-corrected chi connectivity index (χ0v) is 12.4. The van der Waals surface area contributed by atoms with Gasteiger partial charge in [0.25, 0.3) is 0 Å². The minimum Gasteiger partial charge on any atom is -0.378 e. The monoisotopic (exact) mass is 351 g/mol. The average molecular weight is 351 g/mol. The highest BCUT2D eigenvalue weighted by atomic mass is 127. The first kappa shape index (κ1) is 12.3. The Balaban J connectivity index is 2.33. The molecule has 5 heteroatoms. The summed E-state index contributed by atoms with van der Waals surface area (Å²) in [5, 5.41) is 1.23. The summed E-state index contributed by atoms with van der Waals surface area (Å²) in [5.41, 5.74) is 1.12. The lowest BCUT2D eigenvalue weighted by molar-refractivity contribution is 0.102. The van der Waals surface area contributed by atoms with Gasteiger partial charge >= 0.3 is 0 Å². The lowest BCUT2D eigenvalue weighted by Gasteiger charge is -2.27. The SMILES string of the molecule is CC(=O)c1sc(N2CCOCC2)c(I)c1C. The number of carbonyl (C=O) groups excluding carboxylic acids is 1. The normalized spacial score (nSPS) is 16.6. The molecule has 0 radical (unpaired) electrons. The fourth-order valence-electron chi connectivity index (χ4n) is 1.78. The molecule has 0 saturated carbocycles. The second kappa shape index (κ2) is 5.01. The van der Waals surface area contributed by atoms with Crippen molar-refractivity contribution < 1.29 is 9.53 Å². The van der Waals surface area contributed by atoms with Gasteiger partial charge in [-0.25, -0.2) is 0 Å². The summed E-state index contributed by atoms with van der Waals surface area (Å²) >= 11 is 3.95. The average Bonchev–Trinajstić information content (AvgIpc) is 2.58. The number of hydrogen-bond acceptors (Lipinski definition) is 4. The summed E-state index contributed by atoms with van der Waals surface area (Å²) in [6, 6.07) is 0. The van der Waals surface area contributed by atoms with Gasteiger partial charge in [-0.05, 0) is 42.0 Å². The van der Waals surface area contributed by atoms with E-state index in [1.165, 1.54) is 8.57 Å². The van der Waals surface area contributed by atoms with Crippen molar-refractivity contribution in [1.82, 2.24) is 0 Å². The van der Waals surface area contributed by atoms with Crippen LogP contribution in [0.5, 0.6) is 0 Å². The fraction of sp³-hybridized carbons (Fsp3) is 0.545. The second-order valence-electron chi connectivity index (χ2n) is 3.83. The van der Waals surface area contributed by atoms with Crippen LogP contribution in [0.1, 0.15) is 22.2 Å². The third-order valence-corrected chi connectivity index (χ3v) is 5.81. The van der Waals surface area contributed by atoms with Gasteiger partial charge in [-0.15, -0.1) is 11.3 Å². The van der Waals surface area contributed by atoms with E-state index < -0.39 is 0 Å². The quantitative estimate of drug-likeness (QED) is 0.606. The molecule has 88 valence electrons. The second-order valence-corrected chi connectivity index (χ2v) is 5.91. The molecular weight excluding hydrogens is 337 g/mol. The summed E-state index contributed by atoms with van der Waals surface area (Å²) in [7, 11) is 0. The number of morpholine rings is 1. The van der Waals surface area contributed by atoms with Crippen LogP contribution >= 0.6 is 33.9 Å². The molecule has 1 aliphatic rings. The Hall–Kier alpha value is -0.140. The van der Waals surface area contributed by atoms with Crippen LogP contribution < -0.4 is 4.90 Å². The van der Waals surface area contributed by atoms with Gasteiger partial charge in [0.1, 0.15) is 5.00 Å². The zero-order valence-electron chi connectivity index (χ0n) is 9.38. The summed E-state index contributed by atoms with van der Waals surface area (Å²) in [5.74, 6) is 0.167. The number of ether oxygens (including phenoxy) is 1. The molecule has 1 fully saturated rings. The standard InChI is InChI=1S/C11H14INO2S/c1-7-9(12)11(16-10(7)8(2)14)13-3-5-15-6-4-13/h3-6H2,1-2H3. The summed E-state index contributed by atoms with van der Waals surface area (Å²) in [6.45, 7) is 7.07. The van der Waals surface area contributed by atoms with Crippen molar-refractivity contribution in [2.45, 2.75) is 13.8 Å². The number of hydrogen-bond donors (Lipinski definition) is 0. The summed E-state index contributed by atoms with van der Waals surface area (Å²) in [6.07, 6.45) is 0. The maximum Gasteiger partial charge on any atom is 0.170 e. The first-order valence-electron chi connectivity index (χ1n) is 5.23. The van der Waals surface area contributed by atoms with Crippen LogP contribution in [-0.2, 0) is 4.74 Å². The maximum absolute atomic E-state index is 11.5. The maximum atomic E-state index is 11.5. The molecule has 1 aromatic rings. The van der Waals surface area contributed by atoms with Gasteiger partial charge in [0.05, 0.1) is 21.7 Å². The lowest BCUT2D eigenvalue weighted by atomic mass is 10.2. The number of halogens is 1. The molecule has 2 rings (SSSR count). The Kier molecular flexibility index (Phi) is 3.86. The molecule has 0 unspecified atom stereocenters. The van der Waals surface area contributed by atoms with Gasteiger partial charge in [0.15, 0.2) is 5.78 Å². The Labute approximate surface area is 113 Å². The van der Waals surface area contributed by atoms with Crippen LogP contribution in [0.4, 0.5) is 5.00 Å². The number of thiophene rings is 1. The van der Waals surface area contributed by atoms with Crippen LogP contribution in [0, 0.1) is 10.5 Å². The van der Waals surface area contributed by atoms with E-state index in [2.05, 4.69) is 27.5 Å². The van der Waals surface area contributed by atoms with Gasteiger partial charge < -0.3 is 9.64 Å². The van der Waals surface area contributed by atoms with Gasteiger partial charge in [-0.2, -0.15) is 0 Å². The van der Waals surface area contributed by atoms with Crippen molar-refractivity contribution in [3.8, 4) is 0 Å². The smallest absolute Gasteiger partial charge is 0.170 e. The molecule has 16 heavy (non-hydrogen) atoms. The number of nitrogens with zero attached hydrogens (tertiary/aromatic N) is 1. The van der Waals surface area contributed by atoms with E-state index in [0.717, 1.165) is 36.7 Å². The van der Waals surface area contributed by atoms with Gasteiger partial charge in [0.2, 0.25) is 0 Å². The van der Waals surface area contributed by atoms with E-state index in [1.807, 2.05) is 6.92 Å². The molecule has 0 amide bonds. The molecule has 0 aromatic carbocycles. The van der Waals surface area contributed by atoms with Gasteiger partial charge in [0, 0.05) is 13.1 Å². The van der Waals surface area contributed by atoms with Crippen LogP contribution in [0.15, 0.2) is 0 Å². The number of rotatable bonds is 2. The molecule has 1 saturated heterocycles. The Morgan fingerprint density at radius 3 is 2.56 bits per heavy atom. The highest BCUT2D eigenvalue weighted by Crippen LogP contribution is 2.37. The van der Waals surface area contributed by atoms with E-state index >= 15 is 0 Å². The lowest BCUT2D eigenvalue weighted by Crippen LogP contribution is -2.36. The number of carbonyl (C=O) groups is 1. The zero-order chi connectivity index (χ0) is 11.7. The molecule has 1 aliphatic heterocycles. The molecule has 0 bridgehead atoms. The largest absolute Gasteiger partial charge is 0.378 e. The topological polar surface area (TPSA) is 29.5 Å². The third kappa shape index (κ3) is 2.26. The summed E-state index contributed by atoms with van der Waals surface area (Å²) in [4.78, 5) is 14.7. The van der Waals surface area contributed by atoms with Crippen molar-refractivity contribution >= 4 is 44.7 Å². The molecule has 0 atom stereocenters. The van der Waals surface area contributed by atoms with Gasteiger partial charge in [-0.3, -0.25) is 4.79 Å². The molecule has 0 spiro atoms. The van der Waals surface area contributed by atoms with Crippen molar-refractivity contribution in [1.29, 1.82) is 0 Å². The predicted molar refractivity (Wildman–Crippen MR) is 74.8 cm³/mol. The Morgan fingerprint density at radius 1 is 1.44 bits per heavy atom. The van der Waals surface area contributed by atoms with Crippen molar-refractivity contribution in [2.75, 3.05) is 31.2 Å². The van der Waals surface area contributed by atoms with Crippen molar-refractivity contribution in [3.63, 3.8) is 0 Å². The highest BCUT2D eigenvalue weighted by Gasteiger charge is 2.21. The summed E-state index contributed by atoms with van der Waals surface area (Å²) < 4.78 is 6.56. The van der Waals surface area contributed by atoms with Crippen LogP contribution in [-0.4, -0.2) is 32.1 Å². The molecular formula is C11H14INO2S. The van der Waals surface area contributed by atoms with Crippen LogP contribution in [0.2, 0.25) is 0 Å². The molecule has 3 nitrogen and oxygen atoms in total. The van der Waals surface area contributed by atoms with E-state index in [0.29, 0.717) is 0 Å². The Morgan fingerprint density at radius 2 is 2.06 bits per heavy atom. The molecule has 0 aliphatic carbocycles. The van der Waals surface area contributed by atoms with Crippen molar-refractivity contribution in [2.24, 2.45) is 0 Å². The van der Waals surface area contributed by atoms with Gasteiger partial charge in [-0.1, -0.05) is 0 Å². The fourth-order valence-corrected chi connectivity index (χ4v) is 4.05. The molecule has 1 aromatic heterocycles. The van der Waals surface area contributed by atoms with E-state index in [4.69, 9.17) is 4.74 Å². The third-order valence-electron chi connectivity index (χ3n) is 2.67. The highest BCUT2D eigenvalue weighted by molar-refractivity contribution is 14.1. The number of anilines is 1. The van der Waals surface area contributed by atoms with Crippen molar-refractivity contribution in [3.05, 3.63) is 14.0 Å². The van der Waals surface area contributed by atoms with E-state index in [9.17, 15) is 4.79 Å². The minimum absolute atomic E-state index is 0.167. The first-order valence-corrected chi connectivity index (χ1v) is 7.13. The van der Waals surface area contributed by atoms with E-state index in [-0.39, 0.29) is 5.78 Å². The number of ketones is 1. The first-order chi connectivity index (χ1) is 7.61. The predicted octanol–water partition coefficient (Wildman–Crippen LogP) is 2.70. The molecule has 0 N–H and O–H groups in total. The Bertz CT molecular complexity index is 410. The minimum atomic E-state index is 0.167. The van der Waals surface area contributed by atoms with E-state index in [1.54, 1.807) is 18.3 Å². The van der Waals surface area contributed by atoms with Crippen LogP contribution in [0.3, 0.4) is 0 Å². The number of Topliss-reactive ketones (excluding diaryl/α,β-unsaturated/α-hetero) is 1.